The average Bonchev–Trinajstić information content (AvgIpc) is 3.28. The normalized spacial score (nSPS) is 14.3. The third-order valence-electron chi connectivity index (χ3n) is 5.61. The van der Waals surface area contributed by atoms with Gasteiger partial charge in [0.1, 0.15) is 11.6 Å². The van der Waals surface area contributed by atoms with E-state index in [9.17, 15) is 18.8 Å². The van der Waals surface area contributed by atoms with Crippen LogP contribution in [0.15, 0.2) is 30.5 Å². The summed E-state index contributed by atoms with van der Waals surface area (Å²) in [5.74, 6) is -2.04. The molecule has 1 aliphatic rings. The highest BCUT2D eigenvalue weighted by Crippen LogP contribution is 2.28. The van der Waals surface area contributed by atoms with Gasteiger partial charge in [-0.25, -0.2) is 4.68 Å². The number of carbonyl (C=O) groups is 3. The standard InChI is InChI=1S/C24H25FIN5O4/c1-24(2,3)35-20(32)7-6-18(21(27)33)30-12-14-8-13(4-5-15(14)23(30)34)11-31-22-16(10-28-31)17(26)9-19(25)29-22/h4-5,8-10,18H,6-7,11-12H2,1-3H3,(H2,27,33)/t18-/m0/s1. The summed E-state index contributed by atoms with van der Waals surface area (Å²) in [5.41, 5.74) is 7.43. The molecular formula is C24H25FIN5O4. The minimum absolute atomic E-state index is 0.0367. The number of hydrogen-bond acceptors (Lipinski definition) is 6. The van der Waals surface area contributed by atoms with Crippen molar-refractivity contribution in [1.29, 1.82) is 0 Å². The molecule has 4 rings (SSSR count). The number of pyridine rings is 1. The number of primary amides is 1. The molecule has 0 fully saturated rings. The van der Waals surface area contributed by atoms with E-state index in [0.717, 1.165) is 20.1 Å². The summed E-state index contributed by atoms with van der Waals surface area (Å²) in [4.78, 5) is 42.7. The zero-order valence-corrected chi connectivity index (χ0v) is 21.7. The summed E-state index contributed by atoms with van der Waals surface area (Å²) in [7, 11) is 0. The molecule has 9 nitrogen and oxygen atoms in total. The lowest BCUT2D eigenvalue weighted by Gasteiger charge is -2.25. The topological polar surface area (TPSA) is 120 Å². The molecule has 0 unspecified atom stereocenters. The van der Waals surface area contributed by atoms with Gasteiger partial charge in [0, 0.05) is 28.2 Å². The number of ether oxygens (including phenoxy) is 1. The van der Waals surface area contributed by atoms with Gasteiger partial charge in [0.25, 0.3) is 5.91 Å². The predicted octanol–water partition coefficient (Wildman–Crippen LogP) is 3.15. The largest absolute Gasteiger partial charge is 0.460 e. The van der Waals surface area contributed by atoms with E-state index in [2.05, 4.69) is 10.1 Å². The van der Waals surface area contributed by atoms with E-state index in [1.807, 2.05) is 28.7 Å². The van der Waals surface area contributed by atoms with E-state index in [1.54, 1.807) is 43.8 Å². The molecule has 3 aromatic rings. The SMILES string of the molecule is CC(C)(C)OC(=O)CC[C@@H](C(N)=O)N1Cc2cc(Cn3ncc4c(I)cc(F)nc43)ccc2C1=O. The summed E-state index contributed by atoms with van der Waals surface area (Å²) in [5, 5.41) is 5.09. The quantitative estimate of drug-likeness (QED) is 0.256. The molecule has 0 aliphatic carbocycles. The number of esters is 1. The second kappa shape index (κ2) is 9.51. The molecule has 35 heavy (non-hydrogen) atoms. The number of hydrogen-bond donors (Lipinski definition) is 1. The van der Waals surface area contributed by atoms with Crippen molar-refractivity contribution in [2.24, 2.45) is 5.73 Å². The fourth-order valence-corrected chi connectivity index (χ4v) is 4.75. The van der Waals surface area contributed by atoms with Crippen LogP contribution in [0.4, 0.5) is 4.39 Å². The van der Waals surface area contributed by atoms with Crippen LogP contribution < -0.4 is 5.73 Å². The maximum Gasteiger partial charge on any atom is 0.306 e. The summed E-state index contributed by atoms with van der Waals surface area (Å²) in [6.45, 7) is 5.79. The van der Waals surface area contributed by atoms with Gasteiger partial charge in [0.2, 0.25) is 11.9 Å². The van der Waals surface area contributed by atoms with E-state index in [0.29, 0.717) is 17.8 Å². The minimum Gasteiger partial charge on any atom is -0.460 e. The zero-order valence-electron chi connectivity index (χ0n) is 19.5. The van der Waals surface area contributed by atoms with Crippen LogP contribution in [0.5, 0.6) is 0 Å². The van der Waals surface area contributed by atoms with Gasteiger partial charge in [-0.15, -0.1) is 0 Å². The first-order chi connectivity index (χ1) is 16.4. The molecule has 2 amide bonds. The van der Waals surface area contributed by atoms with Crippen LogP contribution in [0.3, 0.4) is 0 Å². The van der Waals surface area contributed by atoms with Crippen molar-refractivity contribution in [3.63, 3.8) is 0 Å². The molecule has 0 spiro atoms. The van der Waals surface area contributed by atoms with Crippen molar-refractivity contribution < 1.29 is 23.5 Å². The van der Waals surface area contributed by atoms with E-state index >= 15 is 0 Å². The number of carbonyl (C=O) groups excluding carboxylic acids is 3. The van der Waals surface area contributed by atoms with E-state index in [-0.39, 0.29) is 25.3 Å². The molecule has 1 atom stereocenters. The number of amides is 2. The second-order valence-electron chi connectivity index (χ2n) is 9.43. The first-order valence-corrected chi connectivity index (χ1v) is 12.1. The van der Waals surface area contributed by atoms with Crippen molar-refractivity contribution >= 4 is 51.4 Å². The lowest BCUT2D eigenvalue weighted by atomic mass is 10.1. The Morgan fingerprint density at radius 3 is 2.71 bits per heavy atom. The van der Waals surface area contributed by atoms with E-state index in [1.165, 1.54) is 11.0 Å². The maximum atomic E-state index is 13.8. The first-order valence-electron chi connectivity index (χ1n) is 11.0. The van der Waals surface area contributed by atoms with Crippen LogP contribution >= 0.6 is 22.6 Å². The fraction of sp³-hybridized carbons (Fsp3) is 0.375. The summed E-state index contributed by atoms with van der Waals surface area (Å²) in [6.07, 6.45) is 1.68. The Morgan fingerprint density at radius 2 is 2.03 bits per heavy atom. The first kappa shape index (κ1) is 25.0. The molecule has 3 heterocycles. The highest BCUT2D eigenvalue weighted by Gasteiger charge is 2.36. The van der Waals surface area contributed by atoms with Crippen LogP contribution in [0.25, 0.3) is 11.0 Å². The molecule has 0 radical (unpaired) electrons. The number of fused-ring (bicyclic) bond motifs is 2. The third-order valence-corrected chi connectivity index (χ3v) is 6.50. The summed E-state index contributed by atoms with van der Waals surface area (Å²) in [6, 6.07) is 5.76. The van der Waals surface area contributed by atoms with E-state index < -0.39 is 29.5 Å². The van der Waals surface area contributed by atoms with Crippen LogP contribution in [0.2, 0.25) is 0 Å². The number of nitrogens with zero attached hydrogens (tertiary/aromatic N) is 4. The molecule has 184 valence electrons. The molecule has 1 aliphatic heterocycles. The smallest absolute Gasteiger partial charge is 0.306 e. The number of rotatable bonds is 7. The predicted molar refractivity (Wildman–Crippen MR) is 134 cm³/mol. The Kier molecular flexibility index (Phi) is 6.80. The summed E-state index contributed by atoms with van der Waals surface area (Å²) < 4.78 is 21.4. The van der Waals surface area contributed by atoms with Gasteiger partial charge in [-0.3, -0.25) is 14.4 Å². The van der Waals surface area contributed by atoms with Crippen LogP contribution in [0, 0.1) is 9.52 Å². The highest BCUT2D eigenvalue weighted by atomic mass is 127. The lowest BCUT2D eigenvalue weighted by molar-refractivity contribution is -0.155. The summed E-state index contributed by atoms with van der Waals surface area (Å²) >= 11 is 2.04. The molecule has 0 saturated carbocycles. The molecule has 0 bridgehead atoms. The highest BCUT2D eigenvalue weighted by molar-refractivity contribution is 14.1. The van der Waals surface area contributed by atoms with Crippen molar-refractivity contribution in [3.8, 4) is 0 Å². The average molecular weight is 593 g/mol. The molecule has 2 N–H and O–H groups in total. The van der Waals surface area contributed by atoms with Crippen LogP contribution in [0.1, 0.15) is 55.1 Å². The Morgan fingerprint density at radius 1 is 1.29 bits per heavy atom. The second-order valence-corrected chi connectivity index (χ2v) is 10.6. The van der Waals surface area contributed by atoms with Crippen molar-refractivity contribution in [2.45, 2.75) is 58.3 Å². The van der Waals surface area contributed by atoms with Crippen molar-refractivity contribution in [3.05, 3.63) is 56.7 Å². The van der Waals surface area contributed by atoms with Gasteiger partial charge < -0.3 is 15.4 Å². The zero-order chi connectivity index (χ0) is 25.5. The lowest BCUT2D eigenvalue weighted by Crippen LogP contribution is -2.45. The molecule has 11 heteroatoms. The molecule has 0 saturated heterocycles. The number of aromatic nitrogens is 3. The maximum absolute atomic E-state index is 13.8. The number of benzene rings is 1. The molecule has 2 aromatic heterocycles. The van der Waals surface area contributed by atoms with Crippen LogP contribution in [-0.4, -0.2) is 49.1 Å². The minimum atomic E-state index is -0.935. The monoisotopic (exact) mass is 593 g/mol. The number of nitrogens with two attached hydrogens (primary N) is 1. The Bertz CT molecular complexity index is 1330. The van der Waals surface area contributed by atoms with Crippen LogP contribution in [-0.2, 0) is 27.4 Å². The Balaban J connectivity index is 1.51. The fourth-order valence-electron chi connectivity index (χ4n) is 4.12. The Labute approximate surface area is 214 Å². The van der Waals surface area contributed by atoms with E-state index in [4.69, 9.17) is 10.5 Å². The van der Waals surface area contributed by atoms with Gasteiger partial charge in [-0.1, -0.05) is 12.1 Å². The van der Waals surface area contributed by atoms with Gasteiger partial charge >= 0.3 is 5.97 Å². The third kappa shape index (κ3) is 5.44. The van der Waals surface area contributed by atoms with Gasteiger partial charge in [0.15, 0.2) is 5.65 Å². The van der Waals surface area contributed by atoms with Crippen molar-refractivity contribution in [2.75, 3.05) is 0 Å². The van der Waals surface area contributed by atoms with Gasteiger partial charge in [-0.2, -0.15) is 14.5 Å². The molecular weight excluding hydrogens is 568 g/mol. The van der Waals surface area contributed by atoms with Gasteiger partial charge in [-0.05, 0) is 67.0 Å². The Hall–Kier alpha value is -3.09. The van der Waals surface area contributed by atoms with Crippen molar-refractivity contribution in [1.82, 2.24) is 19.7 Å². The molecule has 1 aromatic carbocycles. The van der Waals surface area contributed by atoms with Gasteiger partial charge in [0.05, 0.1) is 18.1 Å². The number of halogens is 2.